The van der Waals surface area contributed by atoms with E-state index in [9.17, 15) is 19.5 Å². The summed E-state index contributed by atoms with van der Waals surface area (Å²) in [5.41, 5.74) is 3.37. The third-order valence-corrected chi connectivity index (χ3v) is 5.77. The average Bonchev–Trinajstić information content (AvgIpc) is 2.72. The fourth-order valence-corrected chi connectivity index (χ4v) is 4.29. The number of nitrogens with one attached hydrogen (secondary N) is 1. The minimum absolute atomic E-state index is 0.0442. The number of aryl methyl sites for hydroxylation is 2. The zero-order chi connectivity index (χ0) is 23.2. The van der Waals surface area contributed by atoms with Crippen molar-refractivity contribution in [2.45, 2.75) is 33.6 Å². The molecule has 0 aliphatic carbocycles. The van der Waals surface area contributed by atoms with Gasteiger partial charge in [-0.15, -0.1) is 0 Å². The minimum atomic E-state index is -1.14. The van der Waals surface area contributed by atoms with Crippen LogP contribution in [-0.4, -0.2) is 16.9 Å². The second-order valence-electron chi connectivity index (χ2n) is 8.08. The van der Waals surface area contributed by atoms with Gasteiger partial charge in [0.1, 0.15) is 11.3 Å². The molecule has 0 saturated heterocycles. The van der Waals surface area contributed by atoms with Gasteiger partial charge in [-0.2, -0.15) is 0 Å². The lowest BCUT2D eigenvalue weighted by molar-refractivity contribution is -0.133. The summed E-state index contributed by atoms with van der Waals surface area (Å²) in [6, 6.07) is 13.6. The Morgan fingerprint density at radius 1 is 0.938 bits per heavy atom. The molecule has 0 saturated carbocycles. The van der Waals surface area contributed by atoms with Crippen LogP contribution in [0.3, 0.4) is 0 Å². The maximum atomic E-state index is 13.6. The number of carboxylic acids is 1. The van der Waals surface area contributed by atoms with E-state index in [-0.39, 0.29) is 22.4 Å². The monoisotopic (exact) mass is 429 g/mol. The Bertz CT molecular complexity index is 1390. The molecule has 0 radical (unpaired) electrons. The van der Waals surface area contributed by atoms with Crippen molar-refractivity contribution >= 4 is 22.7 Å². The molecule has 6 heteroatoms. The number of hydrogen-bond acceptors (Lipinski definition) is 5. The van der Waals surface area contributed by atoms with Crippen molar-refractivity contribution in [2.24, 2.45) is 0 Å². The summed E-state index contributed by atoms with van der Waals surface area (Å²) in [6.07, 6.45) is 0. The maximum Gasteiger partial charge on any atom is 0.334 e. The molecule has 2 aromatic carbocycles. The summed E-state index contributed by atoms with van der Waals surface area (Å²) in [4.78, 5) is 38.6. The van der Waals surface area contributed by atoms with Gasteiger partial charge in [0.25, 0.3) is 0 Å². The first-order valence-electron chi connectivity index (χ1n) is 10.3. The molecule has 0 amide bonds. The lowest BCUT2D eigenvalue weighted by atomic mass is 9.77. The average molecular weight is 429 g/mol. The van der Waals surface area contributed by atoms with Gasteiger partial charge in [-0.3, -0.25) is 9.59 Å². The second-order valence-corrected chi connectivity index (χ2v) is 8.08. The van der Waals surface area contributed by atoms with Crippen LogP contribution in [0.4, 0.5) is 0 Å². The number of rotatable bonds is 4. The van der Waals surface area contributed by atoms with E-state index in [0.717, 1.165) is 5.56 Å². The van der Waals surface area contributed by atoms with Gasteiger partial charge in [-0.1, -0.05) is 42.0 Å². The first-order valence-corrected chi connectivity index (χ1v) is 10.3. The fourth-order valence-electron chi connectivity index (χ4n) is 4.29. The third kappa shape index (κ3) is 3.54. The standard InChI is InChI=1S/C26H23NO5/c1-13-8-10-17(11-9-13)24(29)21-15(3)27-16(4)22(26(30)31)23(21)19-7-5-6-18-20(28)12-14(2)32-25(18)19/h5-12,23,27H,1-4H3,(H,30,31). The molecule has 1 atom stereocenters. The van der Waals surface area contributed by atoms with Crippen molar-refractivity contribution in [1.82, 2.24) is 5.32 Å². The van der Waals surface area contributed by atoms with Gasteiger partial charge < -0.3 is 14.8 Å². The number of Topliss-reactive ketones (excluding diaryl/α,β-unsaturated/α-hetero) is 1. The molecule has 0 spiro atoms. The number of allylic oxidation sites excluding steroid dienone is 3. The molecule has 4 rings (SSSR count). The number of benzene rings is 2. The highest BCUT2D eigenvalue weighted by Crippen LogP contribution is 2.42. The molecule has 1 aliphatic rings. The summed E-state index contributed by atoms with van der Waals surface area (Å²) in [7, 11) is 0. The lowest BCUT2D eigenvalue weighted by Crippen LogP contribution is -2.31. The maximum absolute atomic E-state index is 13.6. The molecule has 162 valence electrons. The second kappa shape index (κ2) is 7.96. The van der Waals surface area contributed by atoms with Crippen LogP contribution in [0.1, 0.15) is 47.0 Å². The third-order valence-electron chi connectivity index (χ3n) is 5.77. The number of carbonyl (C=O) groups excluding carboxylic acids is 1. The highest BCUT2D eigenvalue weighted by Gasteiger charge is 2.38. The number of carboxylic acid groups (broad SMARTS) is 1. The topological polar surface area (TPSA) is 96.6 Å². The lowest BCUT2D eigenvalue weighted by Gasteiger charge is -2.30. The Balaban J connectivity index is 2.03. The summed E-state index contributed by atoms with van der Waals surface area (Å²) in [5.74, 6) is -1.92. The number of para-hydroxylation sites is 1. The highest BCUT2D eigenvalue weighted by molar-refractivity contribution is 6.12. The van der Waals surface area contributed by atoms with Gasteiger partial charge in [-0.05, 0) is 33.8 Å². The van der Waals surface area contributed by atoms with Crippen LogP contribution >= 0.6 is 0 Å². The van der Waals surface area contributed by atoms with Gasteiger partial charge >= 0.3 is 5.97 Å². The van der Waals surface area contributed by atoms with Crippen LogP contribution in [0.2, 0.25) is 0 Å². The zero-order valence-electron chi connectivity index (χ0n) is 18.3. The number of ketones is 1. The van der Waals surface area contributed by atoms with E-state index in [1.165, 1.54) is 6.07 Å². The largest absolute Gasteiger partial charge is 0.478 e. The van der Waals surface area contributed by atoms with Gasteiger partial charge in [0.05, 0.1) is 16.9 Å². The van der Waals surface area contributed by atoms with Crippen LogP contribution in [0.25, 0.3) is 11.0 Å². The first-order chi connectivity index (χ1) is 15.2. The number of aliphatic carboxylic acids is 1. The molecule has 3 aromatic rings. The predicted octanol–water partition coefficient (Wildman–Crippen LogP) is 4.61. The van der Waals surface area contributed by atoms with E-state index in [4.69, 9.17) is 4.42 Å². The number of dihydropyridines is 1. The van der Waals surface area contributed by atoms with E-state index in [2.05, 4.69) is 5.32 Å². The summed E-state index contributed by atoms with van der Waals surface area (Å²) < 4.78 is 5.91. The molecule has 0 bridgehead atoms. The smallest absolute Gasteiger partial charge is 0.334 e. The molecule has 1 aromatic heterocycles. The van der Waals surface area contributed by atoms with E-state index < -0.39 is 11.9 Å². The van der Waals surface area contributed by atoms with E-state index >= 15 is 0 Å². The van der Waals surface area contributed by atoms with Crippen LogP contribution in [0.5, 0.6) is 0 Å². The molecular formula is C26H23NO5. The van der Waals surface area contributed by atoms with E-state index in [0.29, 0.717) is 39.2 Å². The van der Waals surface area contributed by atoms with Crippen molar-refractivity contribution in [1.29, 1.82) is 0 Å². The van der Waals surface area contributed by atoms with Gasteiger partial charge in [-0.25, -0.2) is 4.79 Å². The Labute approximate surface area is 184 Å². The summed E-state index contributed by atoms with van der Waals surface area (Å²) in [6.45, 7) is 7.01. The van der Waals surface area contributed by atoms with Crippen LogP contribution in [0, 0.1) is 13.8 Å². The Hall–Kier alpha value is -3.93. The Morgan fingerprint density at radius 2 is 1.59 bits per heavy atom. The number of hydrogen-bond donors (Lipinski definition) is 2. The van der Waals surface area contributed by atoms with Crippen molar-refractivity contribution in [3.05, 3.63) is 104 Å². The zero-order valence-corrected chi connectivity index (χ0v) is 18.3. The van der Waals surface area contributed by atoms with Crippen LogP contribution in [-0.2, 0) is 4.79 Å². The molecule has 32 heavy (non-hydrogen) atoms. The molecule has 2 heterocycles. The van der Waals surface area contributed by atoms with E-state index in [1.807, 2.05) is 19.1 Å². The highest BCUT2D eigenvalue weighted by atomic mass is 16.4. The Morgan fingerprint density at radius 3 is 2.25 bits per heavy atom. The van der Waals surface area contributed by atoms with E-state index in [1.54, 1.807) is 51.1 Å². The SMILES string of the molecule is CC1=C(C(=O)O)C(c2cccc3c(=O)cc(C)oc23)C(C(=O)c2ccc(C)cc2)=C(C)N1. The number of carbonyl (C=O) groups is 2. The molecule has 2 N–H and O–H groups in total. The Kier molecular flexibility index (Phi) is 5.30. The summed E-state index contributed by atoms with van der Waals surface area (Å²) >= 11 is 0. The van der Waals surface area contributed by atoms with Gasteiger partial charge in [0.2, 0.25) is 0 Å². The number of fused-ring (bicyclic) bond motifs is 1. The molecule has 1 unspecified atom stereocenters. The molecule has 1 aliphatic heterocycles. The normalized spacial score (nSPS) is 16.3. The fraction of sp³-hybridized carbons (Fsp3) is 0.192. The van der Waals surface area contributed by atoms with Gasteiger partial charge in [0, 0.05) is 34.2 Å². The quantitative estimate of drug-likeness (QED) is 0.588. The molecule has 6 nitrogen and oxygen atoms in total. The predicted molar refractivity (Wildman–Crippen MR) is 122 cm³/mol. The van der Waals surface area contributed by atoms with Crippen molar-refractivity contribution < 1.29 is 19.1 Å². The molecular weight excluding hydrogens is 406 g/mol. The van der Waals surface area contributed by atoms with Crippen molar-refractivity contribution in [3.63, 3.8) is 0 Å². The van der Waals surface area contributed by atoms with Crippen LogP contribution < -0.4 is 10.7 Å². The van der Waals surface area contributed by atoms with Crippen molar-refractivity contribution in [3.8, 4) is 0 Å². The minimum Gasteiger partial charge on any atom is -0.478 e. The van der Waals surface area contributed by atoms with Crippen molar-refractivity contribution in [2.75, 3.05) is 0 Å². The summed E-state index contributed by atoms with van der Waals surface area (Å²) in [5, 5.41) is 13.5. The van der Waals surface area contributed by atoms with Crippen LogP contribution in [0.15, 0.2) is 80.3 Å². The molecule has 0 fully saturated rings. The first kappa shape index (κ1) is 21.3. The van der Waals surface area contributed by atoms with Gasteiger partial charge in [0.15, 0.2) is 11.2 Å².